The zero-order valence-corrected chi connectivity index (χ0v) is 5.84. The van der Waals surface area contributed by atoms with Gasteiger partial charge in [-0.05, 0) is 0 Å². The van der Waals surface area contributed by atoms with E-state index in [0.29, 0.717) is 0 Å². The van der Waals surface area contributed by atoms with Crippen LogP contribution in [0, 0.1) is 0 Å². The predicted octanol–water partition coefficient (Wildman–Crippen LogP) is -4.13. The summed E-state index contributed by atoms with van der Waals surface area (Å²) < 4.78 is 0. The second-order valence-electron chi connectivity index (χ2n) is 0. The second kappa shape index (κ2) is 464. The van der Waals surface area contributed by atoms with Crippen LogP contribution in [-0.4, -0.2) is 27.4 Å². The molecule has 0 aromatic heterocycles. The first-order valence-corrected chi connectivity index (χ1v) is 0. The molecule has 0 spiro atoms. The van der Waals surface area contributed by atoms with Crippen molar-refractivity contribution in [1.29, 1.82) is 0 Å². The Hall–Kier alpha value is 0.488. The molecule has 0 saturated carbocycles. The molecular formula is H10O5W. The molecule has 0 saturated heterocycles. The van der Waals surface area contributed by atoms with Crippen molar-refractivity contribution in [2.45, 2.75) is 0 Å². The van der Waals surface area contributed by atoms with E-state index >= 15 is 0 Å². The standard InChI is InChI=1S/5H2O.W/h5*1H2;. The summed E-state index contributed by atoms with van der Waals surface area (Å²) in [5, 5.41) is 0. The fraction of sp³-hybridized carbons (Fsp3) is 0. The van der Waals surface area contributed by atoms with E-state index < -0.39 is 0 Å². The average molecular weight is 274 g/mol. The van der Waals surface area contributed by atoms with Crippen molar-refractivity contribution < 1.29 is 48.4 Å². The van der Waals surface area contributed by atoms with E-state index in [2.05, 4.69) is 0 Å². The van der Waals surface area contributed by atoms with Gasteiger partial charge in [0, 0.05) is 21.1 Å². The molecule has 0 radical (unpaired) electrons. The van der Waals surface area contributed by atoms with Gasteiger partial charge in [0.25, 0.3) is 0 Å². The quantitative estimate of drug-likeness (QED) is 0.420. The molecule has 0 aliphatic heterocycles. The van der Waals surface area contributed by atoms with Gasteiger partial charge in [-0.1, -0.05) is 0 Å². The summed E-state index contributed by atoms with van der Waals surface area (Å²) in [6.45, 7) is 0. The first-order valence-electron chi connectivity index (χ1n) is 0. The maximum absolute atomic E-state index is 0. The number of hydrogen-bond acceptors (Lipinski definition) is 0. The van der Waals surface area contributed by atoms with Crippen LogP contribution >= 0.6 is 0 Å². The molecule has 0 aromatic carbocycles. The molecule has 0 aliphatic rings. The van der Waals surface area contributed by atoms with Gasteiger partial charge in [0.05, 0.1) is 0 Å². The first kappa shape index (κ1) is 820. The number of hydrogen-bond donors (Lipinski definition) is 0. The van der Waals surface area contributed by atoms with E-state index in [1.165, 1.54) is 0 Å². The van der Waals surface area contributed by atoms with Crippen molar-refractivity contribution in [3.63, 3.8) is 0 Å². The van der Waals surface area contributed by atoms with Gasteiger partial charge in [-0.15, -0.1) is 0 Å². The molecule has 6 heteroatoms. The fourth-order valence-electron chi connectivity index (χ4n) is 0. The summed E-state index contributed by atoms with van der Waals surface area (Å²) >= 11 is 0. The smallest absolute Gasteiger partial charge is 0 e. The third kappa shape index (κ3) is 229. The molecule has 10 N–H and O–H groups in total. The summed E-state index contributed by atoms with van der Waals surface area (Å²) in [4.78, 5) is 0. The Bertz CT molecular complexity index is 3.90. The van der Waals surface area contributed by atoms with E-state index in [1.54, 1.807) is 0 Å². The fourth-order valence-corrected chi connectivity index (χ4v) is 0. The Morgan fingerprint density at radius 1 is 0.333 bits per heavy atom. The summed E-state index contributed by atoms with van der Waals surface area (Å²) in [6.07, 6.45) is 0. The van der Waals surface area contributed by atoms with Crippen LogP contribution in [0.4, 0.5) is 0 Å². The third-order valence-electron chi connectivity index (χ3n) is 0. The minimum atomic E-state index is 0. The minimum absolute atomic E-state index is 0. The molecule has 0 aliphatic carbocycles. The average Bonchev–Trinajstić information content (AvgIpc) is 0. The van der Waals surface area contributed by atoms with Crippen LogP contribution in [0.5, 0.6) is 0 Å². The van der Waals surface area contributed by atoms with Gasteiger partial charge in [-0.25, -0.2) is 0 Å². The Labute approximate surface area is 49.2 Å². The molecule has 0 fully saturated rings. The van der Waals surface area contributed by atoms with Crippen LogP contribution in [0.25, 0.3) is 0 Å². The van der Waals surface area contributed by atoms with Gasteiger partial charge >= 0.3 is 0 Å². The molecule has 0 bridgehead atoms. The zero-order valence-electron chi connectivity index (χ0n) is 2.91. The van der Waals surface area contributed by atoms with E-state index in [0.717, 1.165) is 0 Å². The van der Waals surface area contributed by atoms with Gasteiger partial charge in [0.2, 0.25) is 0 Å². The minimum Gasteiger partial charge on any atom is -0.412 e. The molecule has 0 unspecified atom stereocenters. The van der Waals surface area contributed by atoms with E-state index in [1.807, 2.05) is 0 Å². The molecule has 5 nitrogen and oxygen atoms in total. The van der Waals surface area contributed by atoms with E-state index in [9.17, 15) is 0 Å². The Balaban J connectivity index is 0. The largest absolute Gasteiger partial charge is 0.412 e. The van der Waals surface area contributed by atoms with Gasteiger partial charge < -0.3 is 27.4 Å². The van der Waals surface area contributed by atoms with Crippen LogP contribution in [0.3, 0.4) is 0 Å². The molecule has 6 heavy (non-hydrogen) atoms. The van der Waals surface area contributed by atoms with Crippen molar-refractivity contribution in [1.82, 2.24) is 0 Å². The molecule has 0 heterocycles. The second-order valence-corrected chi connectivity index (χ2v) is 0. The van der Waals surface area contributed by atoms with E-state index in [-0.39, 0.29) is 48.4 Å². The molecule has 0 amide bonds. The molecule has 0 atom stereocenters. The SMILES string of the molecule is O.O.O.O.O.[W]. The van der Waals surface area contributed by atoms with Crippen molar-refractivity contribution in [2.75, 3.05) is 0 Å². The van der Waals surface area contributed by atoms with Crippen LogP contribution in [0.2, 0.25) is 0 Å². The normalized spacial score (nSPS) is 0. The topological polar surface area (TPSA) is 158 Å². The van der Waals surface area contributed by atoms with Crippen molar-refractivity contribution >= 4 is 0 Å². The van der Waals surface area contributed by atoms with Crippen molar-refractivity contribution in [2.24, 2.45) is 0 Å². The van der Waals surface area contributed by atoms with Gasteiger partial charge in [-0.3, -0.25) is 0 Å². The maximum atomic E-state index is 0. The van der Waals surface area contributed by atoms with Crippen molar-refractivity contribution in [3.8, 4) is 0 Å². The third-order valence-corrected chi connectivity index (χ3v) is 0. The first-order chi connectivity index (χ1) is 0. The van der Waals surface area contributed by atoms with Crippen LogP contribution in [-0.2, 0) is 21.1 Å². The zero-order chi connectivity index (χ0) is 0. The Kier molecular flexibility index (Phi) is 63300. The molecular weight excluding hydrogens is 264 g/mol. The molecule has 0 rings (SSSR count). The Morgan fingerprint density at radius 3 is 0.333 bits per heavy atom. The van der Waals surface area contributed by atoms with Crippen LogP contribution in [0.15, 0.2) is 0 Å². The summed E-state index contributed by atoms with van der Waals surface area (Å²) in [7, 11) is 0. The molecule has 46 valence electrons. The monoisotopic (exact) mass is 274 g/mol. The van der Waals surface area contributed by atoms with Crippen LogP contribution < -0.4 is 0 Å². The maximum Gasteiger partial charge on any atom is 0 e. The van der Waals surface area contributed by atoms with Gasteiger partial charge in [-0.2, -0.15) is 0 Å². The predicted molar refractivity (Wildman–Crippen MR) is 18.1 cm³/mol. The van der Waals surface area contributed by atoms with Gasteiger partial charge in [0.15, 0.2) is 0 Å². The summed E-state index contributed by atoms with van der Waals surface area (Å²) in [5.74, 6) is 0. The van der Waals surface area contributed by atoms with E-state index in [4.69, 9.17) is 0 Å². The Morgan fingerprint density at radius 2 is 0.333 bits per heavy atom. The van der Waals surface area contributed by atoms with Gasteiger partial charge in [0.1, 0.15) is 0 Å². The van der Waals surface area contributed by atoms with Crippen molar-refractivity contribution in [3.05, 3.63) is 0 Å². The number of rotatable bonds is 0. The van der Waals surface area contributed by atoms with Crippen LogP contribution in [0.1, 0.15) is 0 Å². The summed E-state index contributed by atoms with van der Waals surface area (Å²) in [6, 6.07) is 0. The molecule has 0 aromatic rings. The summed E-state index contributed by atoms with van der Waals surface area (Å²) in [5.41, 5.74) is 0.